The van der Waals surface area contributed by atoms with Crippen LogP contribution < -0.4 is 5.73 Å². The summed E-state index contributed by atoms with van der Waals surface area (Å²) in [7, 11) is 1.68. The molecule has 0 fully saturated rings. The third-order valence-corrected chi connectivity index (χ3v) is 1.10. The van der Waals surface area contributed by atoms with Crippen molar-refractivity contribution in [1.29, 1.82) is 0 Å². The molecule has 0 amide bonds. The van der Waals surface area contributed by atoms with Crippen LogP contribution in [0.1, 0.15) is 5.69 Å². The summed E-state index contributed by atoms with van der Waals surface area (Å²) in [4.78, 5) is 0. The summed E-state index contributed by atoms with van der Waals surface area (Å²) >= 11 is 0. The van der Waals surface area contributed by atoms with Crippen LogP contribution in [0.25, 0.3) is 0 Å². The van der Waals surface area contributed by atoms with Gasteiger partial charge >= 0.3 is 0 Å². The van der Waals surface area contributed by atoms with Gasteiger partial charge in [-0.1, -0.05) is 0 Å². The average molecular weight is 129 g/mol. The van der Waals surface area contributed by atoms with Crippen LogP contribution >= 0.6 is 0 Å². The van der Waals surface area contributed by atoms with Crippen LogP contribution in [-0.4, -0.2) is 9.78 Å². The summed E-state index contributed by atoms with van der Waals surface area (Å²) in [6.45, 7) is -0.551. The second-order valence-corrected chi connectivity index (χ2v) is 1.82. The Morgan fingerprint density at radius 1 is 1.89 bits per heavy atom. The SMILES string of the molecule is Cn1nc(CF)cc1N. The van der Waals surface area contributed by atoms with Crippen LogP contribution in [0.2, 0.25) is 0 Å². The molecule has 0 bridgehead atoms. The monoisotopic (exact) mass is 129 g/mol. The summed E-state index contributed by atoms with van der Waals surface area (Å²) in [6.07, 6.45) is 0. The molecule has 0 aliphatic carbocycles. The number of aromatic nitrogens is 2. The summed E-state index contributed by atoms with van der Waals surface area (Å²) in [5.41, 5.74) is 5.73. The molecule has 2 N–H and O–H groups in total. The molecule has 0 spiro atoms. The molecular weight excluding hydrogens is 121 g/mol. The first kappa shape index (κ1) is 6.07. The number of rotatable bonds is 1. The van der Waals surface area contributed by atoms with E-state index in [-0.39, 0.29) is 0 Å². The molecule has 0 aliphatic rings. The van der Waals surface area contributed by atoms with Crippen LogP contribution in [0, 0.1) is 0 Å². The molecule has 1 rings (SSSR count). The van der Waals surface area contributed by atoms with Gasteiger partial charge in [-0.15, -0.1) is 0 Å². The molecular formula is C5H8FN3. The molecule has 1 aromatic rings. The van der Waals surface area contributed by atoms with E-state index in [1.165, 1.54) is 10.7 Å². The number of nitrogen functional groups attached to an aromatic ring is 1. The van der Waals surface area contributed by atoms with Crippen molar-refractivity contribution in [2.24, 2.45) is 7.05 Å². The largest absolute Gasteiger partial charge is 0.384 e. The zero-order chi connectivity index (χ0) is 6.85. The van der Waals surface area contributed by atoms with Crippen LogP contribution in [-0.2, 0) is 13.7 Å². The lowest BCUT2D eigenvalue weighted by Crippen LogP contribution is -1.96. The first-order valence-electron chi connectivity index (χ1n) is 2.58. The first-order chi connectivity index (χ1) is 4.24. The van der Waals surface area contributed by atoms with E-state index in [2.05, 4.69) is 5.10 Å². The topological polar surface area (TPSA) is 43.8 Å². The number of anilines is 1. The minimum Gasteiger partial charge on any atom is -0.384 e. The summed E-state index contributed by atoms with van der Waals surface area (Å²) in [5, 5.41) is 3.75. The molecule has 0 saturated carbocycles. The average Bonchev–Trinajstić information content (AvgIpc) is 2.13. The van der Waals surface area contributed by atoms with Crippen molar-refractivity contribution in [1.82, 2.24) is 9.78 Å². The number of alkyl halides is 1. The third kappa shape index (κ3) is 1.01. The fraction of sp³-hybridized carbons (Fsp3) is 0.400. The van der Waals surface area contributed by atoms with E-state index in [1.807, 2.05) is 0 Å². The van der Waals surface area contributed by atoms with Gasteiger partial charge in [0.25, 0.3) is 0 Å². The second-order valence-electron chi connectivity index (χ2n) is 1.82. The highest BCUT2D eigenvalue weighted by molar-refractivity contribution is 5.29. The number of hydrogen-bond donors (Lipinski definition) is 1. The Morgan fingerprint density at radius 2 is 2.56 bits per heavy atom. The number of hydrogen-bond acceptors (Lipinski definition) is 2. The molecule has 0 aromatic carbocycles. The lowest BCUT2D eigenvalue weighted by atomic mass is 10.5. The quantitative estimate of drug-likeness (QED) is 0.599. The highest BCUT2D eigenvalue weighted by Crippen LogP contribution is 2.04. The van der Waals surface area contributed by atoms with Crippen LogP contribution in [0.3, 0.4) is 0 Å². The molecule has 0 saturated heterocycles. The van der Waals surface area contributed by atoms with Gasteiger partial charge in [-0.05, 0) is 0 Å². The summed E-state index contributed by atoms with van der Waals surface area (Å²) in [5.74, 6) is 0.489. The molecule has 9 heavy (non-hydrogen) atoms. The molecule has 0 unspecified atom stereocenters. The van der Waals surface area contributed by atoms with Crippen molar-refractivity contribution < 1.29 is 4.39 Å². The third-order valence-electron chi connectivity index (χ3n) is 1.10. The van der Waals surface area contributed by atoms with Crippen LogP contribution in [0.5, 0.6) is 0 Å². The molecule has 0 atom stereocenters. The van der Waals surface area contributed by atoms with Crippen LogP contribution in [0.4, 0.5) is 10.2 Å². The van der Waals surface area contributed by atoms with Gasteiger partial charge in [0, 0.05) is 13.1 Å². The van der Waals surface area contributed by atoms with E-state index in [0.717, 1.165) is 0 Å². The Kier molecular flexibility index (Phi) is 1.38. The van der Waals surface area contributed by atoms with Gasteiger partial charge in [0.1, 0.15) is 12.5 Å². The standard InChI is InChI=1S/C5H8FN3/c1-9-5(7)2-4(3-6)8-9/h2H,3,7H2,1H3. The minimum atomic E-state index is -0.551. The molecule has 3 nitrogen and oxygen atoms in total. The Hall–Kier alpha value is -1.06. The molecule has 0 aliphatic heterocycles. The van der Waals surface area contributed by atoms with Gasteiger partial charge in [0.2, 0.25) is 0 Å². The maximum atomic E-state index is 11.8. The van der Waals surface area contributed by atoms with Gasteiger partial charge in [-0.2, -0.15) is 5.10 Å². The lowest BCUT2D eigenvalue weighted by molar-refractivity contribution is 0.471. The number of nitrogens with two attached hydrogens (primary N) is 1. The highest BCUT2D eigenvalue weighted by atomic mass is 19.1. The van der Waals surface area contributed by atoms with Crippen molar-refractivity contribution in [3.05, 3.63) is 11.8 Å². The van der Waals surface area contributed by atoms with E-state index in [9.17, 15) is 4.39 Å². The predicted molar refractivity (Wildman–Crippen MR) is 32.4 cm³/mol. The predicted octanol–water partition coefficient (Wildman–Crippen LogP) is 0.472. The fourth-order valence-corrected chi connectivity index (χ4v) is 0.609. The lowest BCUT2D eigenvalue weighted by Gasteiger charge is -1.88. The Morgan fingerprint density at radius 3 is 2.78 bits per heavy atom. The van der Waals surface area contributed by atoms with Crippen molar-refractivity contribution >= 4 is 5.82 Å². The zero-order valence-electron chi connectivity index (χ0n) is 5.13. The summed E-state index contributed by atoms with van der Waals surface area (Å²) in [6, 6.07) is 1.51. The van der Waals surface area contributed by atoms with E-state index in [0.29, 0.717) is 11.5 Å². The highest BCUT2D eigenvalue weighted by Gasteiger charge is 1.98. The molecule has 1 heterocycles. The second kappa shape index (κ2) is 2.05. The zero-order valence-corrected chi connectivity index (χ0v) is 5.13. The number of aryl methyl sites for hydroxylation is 1. The van der Waals surface area contributed by atoms with Crippen LogP contribution in [0.15, 0.2) is 6.07 Å². The number of nitrogens with zero attached hydrogens (tertiary/aromatic N) is 2. The van der Waals surface area contributed by atoms with E-state index < -0.39 is 6.67 Å². The summed E-state index contributed by atoms with van der Waals surface area (Å²) < 4.78 is 13.2. The minimum absolute atomic E-state index is 0.384. The Balaban J connectivity index is 2.98. The van der Waals surface area contributed by atoms with Crippen molar-refractivity contribution in [2.45, 2.75) is 6.67 Å². The van der Waals surface area contributed by atoms with Gasteiger partial charge in [-0.3, -0.25) is 4.68 Å². The smallest absolute Gasteiger partial charge is 0.133 e. The van der Waals surface area contributed by atoms with E-state index in [1.54, 1.807) is 7.05 Å². The Labute approximate surface area is 52.3 Å². The van der Waals surface area contributed by atoms with Gasteiger partial charge < -0.3 is 5.73 Å². The van der Waals surface area contributed by atoms with E-state index in [4.69, 9.17) is 5.73 Å². The van der Waals surface area contributed by atoms with E-state index >= 15 is 0 Å². The fourth-order valence-electron chi connectivity index (χ4n) is 0.609. The first-order valence-corrected chi connectivity index (χ1v) is 2.58. The van der Waals surface area contributed by atoms with Gasteiger partial charge in [-0.25, -0.2) is 4.39 Å². The van der Waals surface area contributed by atoms with Crippen molar-refractivity contribution in [3.8, 4) is 0 Å². The van der Waals surface area contributed by atoms with Crippen molar-refractivity contribution in [3.63, 3.8) is 0 Å². The normalized spacial score (nSPS) is 10.0. The van der Waals surface area contributed by atoms with Gasteiger partial charge in [0.05, 0.1) is 5.69 Å². The maximum absolute atomic E-state index is 11.8. The van der Waals surface area contributed by atoms with Crippen molar-refractivity contribution in [2.75, 3.05) is 5.73 Å². The maximum Gasteiger partial charge on any atom is 0.133 e. The molecule has 1 aromatic heterocycles. The molecule has 0 radical (unpaired) electrons. The molecule has 4 heteroatoms. The van der Waals surface area contributed by atoms with Gasteiger partial charge in [0.15, 0.2) is 0 Å². The molecule has 50 valence electrons. The number of halogens is 1. The Bertz CT molecular complexity index is 186.